The van der Waals surface area contributed by atoms with Crippen LogP contribution in [0.15, 0.2) is 6.20 Å². The molecular weight excluding hydrogens is 256 g/mol. The molecule has 0 atom stereocenters. The minimum atomic E-state index is -0.204. The van der Waals surface area contributed by atoms with E-state index in [1.54, 1.807) is 7.11 Å². The molecule has 1 aliphatic carbocycles. The number of nitrogens with zero attached hydrogens (tertiary/aromatic N) is 2. The number of hydrogen-bond acceptors (Lipinski definition) is 3. The molecule has 4 heteroatoms. The molecule has 0 aliphatic heterocycles. The lowest BCUT2D eigenvalue weighted by Crippen LogP contribution is -2.38. The van der Waals surface area contributed by atoms with Crippen molar-refractivity contribution in [2.45, 2.75) is 37.1 Å². The van der Waals surface area contributed by atoms with E-state index in [1.165, 1.54) is 6.42 Å². The van der Waals surface area contributed by atoms with Crippen molar-refractivity contribution in [1.29, 1.82) is 0 Å². The van der Waals surface area contributed by atoms with E-state index in [-0.39, 0.29) is 5.60 Å². The van der Waals surface area contributed by atoms with Crippen molar-refractivity contribution in [3.63, 3.8) is 0 Å². The number of methoxy groups -OCH3 is 1. The smallest absolute Gasteiger partial charge is 0.160 e. The van der Waals surface area contributed by atoms with Gasteiger partial charge in [0.25, 0.3) is 0 Å². The molecule has 2 rings (SSSR count). The van der Waals surface area contributed by atoms with Crippen LogP contribution >= 0.6 is 15.9 Å². The number of rotatable bonds is 3. The topological polar surface area (TPSA) is 35.0 Å². The first-order valence-electron chi connectivity index (χ1n) is 5.16. The van der Waals surface area contributed by atoms with Crippen LogP contribution in [0.25, 0.3) is 0 Å². The number of hydrogen-bond donors (Lipinski definition) is 0. The number of halogens is 1. The second-order valence-electron chi connectivity index (χ2n) is 4.01. The Labute approximate surface area is 98.4 Å². The first-order valence-corrected chi connectivity index (χ1v) is 6.28. The van der Waals surface area contributed by atoms with Gasteiger partial charge in [-0.05, 0) is 31.7 Å². The Morgan fingerprint density at radius 1 is 1.53 bits per heavy atom. The molecule has 1 aromatic rings. The van der Waals surface area contributed by atoms with E-state index < -0.39 is 0 Å². The molecule has 0 unspecified atom stereocenters. The van der Waals surface area contributed by atoms with Crippen LogP contribution < -0.4 is 0 Å². The molecule has 0 amide bonds. The predicted octanol–water partition coefficient (Wildman–Crippen LogP) is 2.71. The van der Waals surface area contributed by atoms with Gasteiger partial charge in [0.1, 0.15) is 5.60 Å². The third-order valence-electron chi connectivity index (χ3n) is 3.16. The highest BCUT2D eigenvalue weighted by atomic mass is 79.9. The summed E-state index contributed by atoms with van der Waals surface area (Å²) in [5.41, 5.74) is 1.98. The molecular formula is C11H15BrN2O. The second kappa shape index (κ2) is 4.18. The molecule has 0 N–H and O–H groups in total. The molecule has 3 nitrogen and oxygen atoms in total. The zero-order chi connectivity index (χ0) is 10.9. The van der Waals surface area contributed by atoms with Crippen LogP contribution in [0.1, 0.15) is 36.3 Å². The summed E-state index contributed by atoms with van der Waals surface area (Å²) < 4.78 is 5.56. The Hall–Kier alpha value is -0.480. The van der Waals surface area contributed by atoms with E-state index in [2.05, 4.69) is 25.9 Å². The fourth-order valence-corrected chi connectivity index (χ4v) is 2.42. The van der Waals surface area contributed by atoms with Gasteiger partial charge < -0.3 is 4.74 Å². The highest BCUT2D eigenvalue weighted by Gasteiger charge is 2.41. The average Bonchev–Trinajstić information content (AvgIpc) is 2.19. The fraction of sp³-hybridized carbons (Fsp3) is 0.636. The van der Waals surface area contributed by atoms with Crippen molar-refractivity contribution in [1.82, 2.24) is 9.97 Å². The summed E-state index contributed by atoms with van der Waals surface area (Å²) in [6, 6.07) is 0. The van der Waals surface area contributed by atoms with Gasteiger partial charge in [-0.2, -0.15) is 0 Å². The Kier molecular flexibility index (Phi) is 3.07. The van der Waals surface area contributed by atoms with Crippen molar-refractivity contribution in [2.75, 3.05) is 7.11 Å². The summed E-state index contributed by atoms with van der Waals surface area (Å²) in [5.74, 6) is 0.844. The summed E-state index contributed by atoms with van der Waals surface area (Å²) in [7, 11) is 1.75. The van der Waals surface area contributed by atoms with Gasteiger partial charge in [-0.1, -0.05) is 15.9 Å². The zero-order valence-corrected chi connectivity index (χ0v) is 10.7. The van der Waals surface area contributed by atoms with E-state index in [4.69, 9.17) is 4.74 Å². The second-order valence-corrected chi connectivity index (χ2v) is 4.57. The van der Waals surface area contributed by atoms with Crippen LogP contribution in [0.3, 0.4) is 0 Å². The molecule has 0 aromatic carbocycles. The number of aromatic nitrogens is 2. The van der Waals surface area contributed by atoms with Gasteiger partial charge in [0.05, 0.1) is 5.69 Å². The molecule has 1 heterocycles. The number of alkyl halides is 1. The number of aryl methyl sites for hydroxylation is 1. The van der Waals surface area contributed by atoms with Crippen LogP contribution in [-0.2, 0) is 15.7 Å². The van der Waals surface area contributed by atoms with Gasteiger partial charge in [-0.25, -0.2) is 9.97 Å². The minimum absolute atomic E-state index is 0.204. The molecule has 0 radical (unpaired) electrons. The van der Waals surface area contributed by atoms with Crippen LogP contribution in [-0.4, -0.2) is 17.1 Å². The molecule has 15 heavy (non-hydrogen) atoms. The van der Waals surface area contributed by atoms with E-state index in [0.29, 0.717) is 0 Å². The lowest BCUT2D eigenvalue weighted by Gasteiger charge is -2.38. The zero-order valence-electron chi connectivity index (χ0n) is 9.09. The van der Waals surface area contributed by atoms with E-state index >= 15 is 0 Å². The van der Waals surface area contributed by atoms with Crippen molar-refractivity contribution < 1.29 is 4.74 Å². The maximum atomic E-state index is 5.56. The lowest BCUT2D eigenvalue weighted by atomic mass is 9.79. The highest BCUT2D eigenvalue weighted by molar-refractivity contribution is 9.08. The molecule has 82 valence electrons. The molecule has 0 spiro atoms. The van der Waals surface area contributed by atoms with Gasteiger partial charge in [0, 0.05) is 18.6 Å². The molecule has 1 aliphatic rings. The highest BCUT2D eigenvalue weighted by Crippen LogP contribution is 2.42. The van der Waals surface area contributed by atoms with E-state index in [0.717, 1.165) is 35.3 Å². The van der Waals surface area contributed by atoms with Crippen molar-refractivity contribution in [2.24, 2.45) is 0 Å². The SMILES string of the molecule is COC1(c2ncc(C)c(CBr)n2)CCC1. The third kappa shape index (κ3) is 1.81. The van der Waals surface area contributed by atoms with Gasteiger partial charge in [-0.3, -0.25) is 0 Å². The van der Waals surface area contributed by atoms with Crippen LogP contribution in [0.4, 0.5) is 0 Å². The Morgan fingerprint density at radius 2 is 2.27 bits per heavy atom. The van der Waals surface area contributed by atoms with E-state index in [9.17, 15) is 0 Å². The summed E-state index contributed by atoms with van der Waals surface area (Å²) in [6.07, 6.45) is 5.16. The van der Waals surface area contributed by atoms with Crippen LogP contribution in [0, 0.1) is 6.92 Å². The molecule has 1 saturated carbocycles. The molecule has 1 fully saturated rings. The summed E-state index contributed by atoms with van der Waals surface area (Å²) in [5, 5.41) is 0.772. The lowest BCUT2D eigenvalue weighted by molar-refractivity contribution is -0.0847. The normalized spacial score (nSPS) is 18.6. The quantitative estimate of drug-likeness (QED) is 0.793. The van der Waals surface area contributed by atoms with E-state index in [1.807, 2.05) is 13.1 Å². The molecule has 0 saturated heterocycles. The Morgan fingerprint density at radius 3 is 2.73 bits per heavy atom. The molecule has 0 bridgehead atoms. The first kappa shape index (κ1) is 11.0. The van der Waals surface area contributed by atoms with Crippen molar-refractivity contribution in [3.05, 3.63) is 23.3 Å². The average molecular weight is 271 g/mol. The monoisotopic (exact) mass is 270 g/mol. The standard InChI is InChI=1S/C11H15BrN2O/c1-8-7-13-10(14-9(8)6-12)11(15-2)4-3-5-11/h7H,3-6H2,1-2H3. The van der Waals surface area contributed by atoms with Crippen molar-refractivity contribution >= 4 is 15.9 Å². The largest absolute Gasteiger partial charge is 0.370 e. The summed E-state index contributed by atoms with van der Waals surface area (Å²) in [6.45, 7) is 2.03. The molecule has 1 aromatic heterocycles. The van der Waals surface area contributed by atoms with Gasteiger partial charge in [0.2, 0.25) is 0 Å². The third-order valence-corrected chi connectivity index (χ3v) is 3.69. The van der Waals surface area contributed by atoms with Gasteiger partial charge >= 0.3 is 0 Å². The fourth-order valence-electron chi connectivity index (χ4n) is 1.85. The first-order chi connectivity index (χ1) is 7.22. The van der Waals surface area contributed by atoms with Crippen LogP contribution in [0.2, 0.25) is 0 Å². The van der Waals surface area contributed by atoms with Crippen molar-refractivity contribution in [3.8, 4) is 0 Å². The minimum Gasteiger partial charge on any atom is -0.370 e. The van der Waals surface area contributed by atoms with Crippen LogP contribution in [0.5, 0.6) is 0 Å². The number of ether oxygens (including phenoxy) is 1. The maximum Gasteiger partial charge on any atom is 0.160 e. The van der Waals surface area contributed by atoms with Gasteiger partial charge in [0.15, 0.2) is 5.82 Å². The predicted molar refractivity (Wildman–Crippen MR) is 61.9 cm³/mol. The Bertz CT molecular complexity index is 358. The summed E-state index contributed by atoms with van der Waals surface area (Å²) in [4.78, 5) is 8.97. The Balaban J connectivity index is 2.36. The summed E-state index contributed by atoms with van der Waals surface area (Å²) >= 11 is 3.44. The maximum absolute atomic E-state index is 5.56. The van der Waals surface area contributed by atoms with Gasteiger partial charge in [-0.15, -0.1) is 0 Å².